The molecule has 0 unspecified atom stereocenters. The van der Waals surface area contributed by atoms with Crippen LogP contribution >= 0.6 is 0 Å². The van der Waals surface area contributed by atoms with Crippen molar-refractivity contribution in [2.45, 2.75) is 84.0 Å². The zero-order valence-electron chi connectivity index (χ0n) is 34.3. The summed E-state index contributed by atoms with van der Waals surface area (Å²) in [5.74, 6) is 0.935. The van der Waals surface area contributed by atoms with Crippen LogP contribution in [0.3, 0.4) is 0 Å². The summed E-state index contributed by atoms with van der Waals surface area (Å²) < 4.78 is 9.56. The molecule has 5 atom stereocenters. The minimum Gasteiger partial charge on any atom is -0.453 e. The van der Waals surface area contributed by atoms with E-state index in [0.29, 0.717) is 24.7 Å². The number of hydrogen-bond acceptors (Lipinski definition) is 10. The second-order valence-electron chi connectivity index (χ2n) is 15.6. The van der Waals surface area contributed by atoms with E-state index in [0.717, 1.165) is 76.9 Å². The van der Waals surface area contributed by atoms with E-state index in [4.69, 9.17) is 24.4 Å². The summed E-state index contributed by atoms with van der Waals surface area (Å²) in [5.41, 5.74) is 6.57. The molecule has 0 bridgehead atoms. The largest absolute Gasteiger partial charge is 0.453 e. The van der Waals surface area contributed by atoms with Crippen LogP contribution in [0.4, 0.5) is 9.59 Å². The molecule has 0 saturated carbocycles. The first kappa shape index (κ1) is 40.9. The number of benzene rings is 2. The number of ether oxygens (including phenoxy) is 2. The fraction of sp³-hybridized carbons (Fsp3) is 0.442. The number of aromatic amines is 2. The number of H-pyrrole nitrogens is 2. The van der Waals surface area contributed by atoms with E-state index in [1.165, 1.54) is 14.2 Å². The zero-order chi connectivity index (χ0) is 41.8. The number of amides is 4. The van der Waals surface area contributed by atoms with Gasteiger partial charge in [-0.25, -0.2) is 24.5 Å². The molecular weight excluding hydrogens is 753 g/mol. The van der Waals surface area contributed by atoms with Crippen LogP contribution < -0.4 is 10.6 Å². The van der Waals surface area contributed by atoms with E-state index in [-0.39, 0.29) is 35.7 Å². The van der Waals surface area contributed by atoms with Gasteiger partial charge in [-0.05, 0) is 55.2 Å². The molecule has 2 aliphatic rings. The summed E-state index contributed by atoms with van der Waals surface area (Å²) in [6, 6.07) is 12.0. The summed E-state index contributed by atoms with van der Waals surface area (Å²) >= 11 is 0. The number of hydrogen-bond donors (Lipinski definition) is 4. The van der Waals surface area contributed by atoms with Gasteiger partial charge in [0.25, 0.3) is 0 Å². The molecule has 310 valence electrons. The summed E-state index contributed by atoms with van der Waals surface area (Å²) in [6.45, 7) is 8.89. The number of aromatic nitrogens is 6. The highest BCUT2D eigenvalue weighted by Crippen LogP contribution is 2.35. The lowest BCUT2D eigenvalue weighted by Gasteiger charge is -2.30. The number of nitrogens with zero attached hydrogens (tertiary/aromatic N) is 6. The van der Waals surface area contributed by atoms with E-state index < -0.39 is 24.3 Å². The topological polar surface area (TPSA) is 200 Å². The van der Waals surface area contributed by atoms with Gasteiger partial charge < -0.3 is 39.9 Å². The second kappa shape index (κ2) is 17.7. The molecule has 4 amide bonds. The van der Waals surface area contributed by atoms with E-state index in [9.17, 15) is 19.2 Å². The summed E-state index contributed by atoms with van der Waals surface area (Å²) in [5, 5.41) is 5.43. The van der Waals surface area contributed by atoms with Crippen molar-refractivity contribution >= 4 is 35.0 Å². The molecule has 2 aliphatic heterocycles. The number of nitrogens with one attached hydrogen (secondary N) is 4. The Kier molecular flexibility index (Phi) is 12.2. The Labute approximate surface area is 342 Å². The SMILES string of the molecule is CC[C@H](C)[C@H](NC(=O)OC)C(=O)N1CCC[C@H]1c1ncc(-c2ccc3nc(-c4ccc(-c5cnc([C@@H]6CCCN6C(=O)[C@@H](NC(=O)OC)C(C)C)[nH]5)cc4)cnc3c2)[nH]1. The summed E-state index contributed by atoms with van der Waals surface area (Å²) in [4.78, 5) is 80.8. The first-order chi connectivity index (χ1) is 28.5. The number of alkyl carbamates (subject to hydrolysis) is 2. The van der Waals surface area contributed by atoms with Crippen molar-refractivity contribution in [1.29, 1.82) is 0 Å². The molecule has 2 saturated heterocycles. The number of carbonyl (C=O) groups is 4. The Morgan fingerprint density at radius 2 is 1.24 bits per heavy atom. The smallest absolute Gasteiger partial charge is 0.407 e. The first-order valence-electron chi connectivity index (χ1n) is 20.3. The van der Waals surface area contributed by atoms with Gasteiger partial charge in [0, 0.05) is 24.2 Å². The van der Waals surface area contributed by atoms with Crippen molar-refractivity contribution < 1.29 is 28.7 Å². The predicted octanol–water partition coefficient (Wildman–Crippen LogP) is 6.56. The standard InChI is InChI=1S/C43H52N10O6/c1-7-25(4)37(51-43(57)59-6)41(55)53-19-9-11-35(53)39-46-23-33(49-39)28-16-17-29-30(20-28)44-21-31(47-29)26-12-14-27(15-13-26)32-22-45-38(48-32)34-10-8-18-52(34)40(54)36(24(2)3)50-42(56)58-5/h12-17,20-25,34-37H,7-11,18-19H2,1-6H3,(H,45,48)(H,46,49)(H,50,56)(H,51,57)/t25-,34-,35-,36-,37-/m0/s1. The summed E-state index contributed by atoms with van der Waals surface area (Å²) in [6.07, 6.45) is 7.99. The number of likely N-dealkylation sites (tertiary alicyclic amines) is 2. The minimum atomic E-state index is -0.698. The van der Waals surface area contributed by atoms with Crippen molar-refractivity contribution in [2.24, 2.45) is 11.8 Å². The average molecular weight is 805 g/mol. The molecule has 2 aromatic carbocycles. The van der Waals surface area contributed by atoms with Crippen LogP contribution in [0.1, 0.15) is 83.5 Å². The van der Waals surface area contributed by atoms with Gasteiger partial charge in [0.05, 0.1) is 73.0 Å². The number of imidazole rings is 2. The van der Waals surface area contributed by atoms with E-state index in [1.807, 2.05) is 75.1 Å². The van der Waals surface area contributed by atoms with Crippen molar-refractivity contribution in [3.63, 3.8) is 0 Å². The van der Waals surface area contributed by atoms with E-state index in [1.54, 1.807) is 23.5 Å². The van der Waals surface area contributed by atoms with Gasteiger partial charge in [0.1, 0.15) is 23.7 Å². The predicted molar refractivity (Wildman–Crippen MR) is 220 cm³/mol. The molecule has 59 heavy (non-hydrogen) atoms. The Hall–Kier alpha value is -6.32. The maximum Gasteiger partial charge on any atom is 0.407 e. The first-order valence-corrected chi connectivity index (χ1v) is 20.3. The molecule has 2 fully saturated rings. The molecule has 5 heterocycles. The lowest BCUT2D eigenvalue weighted by molar-refractivity contribution is -0.136. The molecule has 7 rings (SSSR count). The van der Waals surface area contributed by atoms with Gasteiger partial charge in [0.15, 0.2) is 0 Å². The second-order valence-corrected chi connectivity index (χ2v) is 15.6. The van der Waals surface area contributed by atoms with Crippen molar-refractivity contribution in [3.8, 4) is 33.8 Å². The minimum absolute atomic E-state index is 0.0670. The Bertz CT molecular complexity index is 2310. The van der Waals surface area contributed by atoms with Crippen LogP contribution in [0, 0.1) is 11.8 Å². The molecule has 3 aromatic heterocycles. The summed E-state index contributed by atoms with van der Waals surface area (Å²) in [7, 11) is 2.58. The van der Waals surface area contributed by atoms with E-state index in [2.05, 4.69) is 25.6 Å². The van der Waals surface area contributed by atoms with E-state index >= 15 is 0 Å². The van der Waals surface area contributed by atoms with Crippen LogP contribution in [0.15, 0.2) is 61.1 Å². The monoisotopic (exact) mass is 804 g/mol. The Morgan fingerprint density at radius 1 is 0.712 bits per heavy atom. The third-order valence-electron chi connectivity index (χ3n) is 11.6. The Morgan fingerprint density at radius 3 is 1.80 bits per heavy atom. The maximum absolute atomic E-state index is 13.7. The number of fused-ring (bicyclic) bond motifs is 1. The van der Waals surface area contributed by atoms with Crippen LogP contribution in [0.2, 0.25) is 0 Å². The molecule has 16 heteroatoms. The Balaban J connectivity index is 1.03. The van der Waals surface area contributed by atoms with Crippen LogP contribution in [0.25, 0.3) is 44.8 Å². The highest BCUT2D eigenvalue weighted by atomic mass is 16.5. The lowest BCUT2D eigenvalue weighted by atomic mass is 9.97. The van der Waals surface area contributed by atoms with Gasteiger partial charge in [0.2, 0.25) is 11.8 Å². The fourth-order valence-electron chi connectivity index (χ4n) is 8.00. The number of rotatable bonds is 12. The third-order valence-corrected chi connectivity index (χ3v) is 11.6. The van der Waals surface area contributed by atoms with Crippen molar-refractivity contribution in [2.75, 3.05) is 27.3 Å². The molecule has 16 nitrogen and oxygen atoms in total. The van der Waals surface area contributed by atoms with Crippen molar-refractivity contribution in [1.82, 2.24) is 50.3 Å². The molecule has 4 N–H and O–H groups in total. The zero-order valence-corrected chi connectivity index (χ0v) is 34.3. The van der Waals surface area contributed by atoms with Gasteiger partial charge >= 0.3 is 12.2 Å². The number of methoxy groups -OCH3 is 2. The van der Waals surface area contributed by atoms with Crippen LogP contribution in [-0.2, 0) is 19.1 Å². The maximum atomic E-state index is 13.7. The molecule has 0 radical (unpaired) electrons. The average Bonchev–Trinajstić information content (AvgIpc) is 4.10. The quantitative estimate of drug-likeness (QED) is 0.107. The van der Waals surface area contributed by atoms with Crippen molar-refractivity contribution in [3.05, 3.63) is 72.7 Å². The van der Waals surface area contributed by atoms with Gasteiger partial charge in [-0.2, -0.15) is 0 Å². The van der Waals surface area contributed by atoms with Gasteiger partial charge in [-0.1, -0.05) is 64.4 Å². The normalized spacial score (nSPS) is 18.2. The highest BCUT2D eigenvalue weighted by molar-refractivity contribution is 5.87. The fourth-order valence-corrected chi connectivity index (χ4v) is 8.00. The highest BCUT2D eigenvalue weighted by Gasteiger charge is 2.39. The molecule has 0 spiro atoms. The van der Waals surface area contributed by atoms with Crippen LogP contribution in [-0.4, -0.2) is 103 Å². The molecule has 5 aromatic rings. The third kappa shape index (κ3) is 8.61. The number of carbonyl (C=O) groups excluding carboxylic acids is 4. The van der Waals surface area contributed by atoms with Crippen LogP contribution in [0.5, 0.6) is 0 Å². The molecule has 0 aliphatic carbocycles. The molecular formula is C43H52N10O6. The lowest BCUT2D eigenvalue weighted by Crippen LogP contribution is -2.51. The van der Waals surface area contributed by atoms with Gasteiger partial charge in [-0.3, -0.25) is 14.6 Å². The van der Waals surface area contributed by atoms with Gasteiger partial charge in [-0.15, -0.1) is 0 Å².